The topological polar surface area (TPSA) is 55.4 Å². The molecule has 1 rings (SSSR count). The molecule has 4 heteroatoms. The molecule has 1 saturated carbocycles. The van der Waals surface area contributed by atoms with Crippen LogP contribution in [0.5, 0.6) is 0 Å². The summed E-state index contributed by atoms with van der Waals surface area (Å²) in [7, 11) is 0. The lowest BCUT2D eigenvalue weighted by atomic mass is 9.69. The minimum absolute atomic E-state index is 0.0100. The fourth-order valence-electron chi connectivity index (χ4n) is 3.15. The summed E-state index contributed by atoms with van der Waals surface area (Å²) in [5.41, 5.74) is 0. The Morgan fingerprint density at radius 2 is 1.90 bits per heavy atom. The highest BCUT2D eigenvalue weighted by Crippen LogP contribution is 2.38. The number of carbonyl (C=O) groups is 2. The van der Waals surface area contributed by atoms with E-state index >= 15 is 0 Å². The van der Waals surface area contributed by atoms with E-state index in [1.54, 1.807) is 13.8 Å². The largest absolute Gasteiger partial charge is 0.464 e. The molecule has 4 nitrogen and oxygen atoms in total. The summed E-state index contributed by atoms with van der Waals surface area (Å²) in [6.45, 7) is 10.3. The van der Waals surface area contributed by atoms with Gasteiger partial charge in [0.05, 0.1) is 6.61 Å². The Hall–Kier alpha value is -1.06. The summed E-state index contributed by atoms with van der Waals surface area (Å²) in [5, 5.41) is 2.83. The first-order chi connectivity index (χ1) is 9.36. The summed E-state index contributed by atoms with van der Waals surface area (Å²) in [4.78, 5) is 24.1. The van der Waals surface area contributed by atoms with Gasteiger partial charge < -0.3 is 10.1 Å². The third-order valence-corrected chi connectivity index (χ3v) is 4.36. The third kappa shape index (κ3) is 4.50. The fraction of sp³-hybridized carbons (Fsp3) is 0.875. The monoisotopic (exact) mass is 283 g/mol. The highest BCUT2D eigenvalue weighted by atomic mass is 16.5. The number of nitrogens with one attached hydrogen (secondary N) is 1. The zero-order valence-electron chi connectivity index (χ0n) is 13.4. The van der Waals surface area contributed by atoms with Crippen LogP contribution in [0.25, 0.3) is 0 Å². The van der Waals surface area contributed by atoms with E-state index in [-0.39, 0.29) is 17.8 Å². The van der Waals surface area contributed by atoms with Crippen LogP contribution in [-0.2, 0) is 14.3 Å². The number of hydrogen-bond donors (Lipinski definition) is 1. The first kappa shape index (κ1) is 17.0. The van der Waals surface area contributed by atoms with Crippen LogP contribution in [0.4, 0.5) is 0 Å². The molecule has 0 aromatic carbocycles. The molecular weight excluding hydrogens is 254 g/mol. The maximum atomic E-state index is 12.5. The van der Waals surface area contributed by atoms with Crippen LogP contribution >= 0.6 is 0 Å². The van der Waals surface area contributed by atoms with Gasteiger partial charge in [0.1, 0.15) is 6.04 Å². The highest BCUT2D eigenvalue weighted by Gasteiger charge is 2.36. The molecule has 0 radical (unpaired) electrons. The van der Waals surface area contributed by atoms with Crippen molar-refractivity contribution in [1.29, 1.82) is 0 Å². The standard InChI is InChI=1S/C16H29NO3/c1-6-20-16(19)12(5)17-15(18)14-9-11(4)7-8-13(14)10(2)3/h10-14H,6-9H2,1-5H3,(H,17,18)/t11-,12-,13+,14?/m1/s1. The zero-order chi connectivity index (χ0) is 15.3. The van der Waals surface area contributed by atoms with Crippen LogP contribution in [0, 0.1) is 23.7 Å². The third-order valence-electron chi connectivity index (χ3n) is 4.36. The molecule has 116 valence electrons. The van der Waals surface area contributed by atoms with E-state index in [0.29, 0.717) is 24.4 Å². The normalized spacial score (nSPS) is 28.0. The van der Waals surface area contributed by atoms with Gasteiger partial charge in [-0.25, -0.2) is 4.79 Å². The van der Waals surface area contributed by atoms with Gasteiger partial charge in [-0.3, -0.25) is 4.79 Å². The molecule has 20 heavy (non-hydrogen) atoms. The zero-order valence-corrected chi connectivity index (χ0v) is 13.4. The van der Waals surface area contributed by atoms with Crippen LogP contribution in [0.15, 0.2) is 0 Å². The Kier molecular flexibility index (Phi) is 6.50. The van der Waals surface area contributed by atoms with Gasteiger partial charge in [-0.2, -0.15) is 0 Å². The molecule has 1 N–H and O–H groups in total. The molecule has 1 amide bonds. The molecule has 0 bridgehead atoms. The molecule has 0 aromatic heterocycles. The van der Waals surface area contributed by atoms with Crippen molar-refractivity contribution in [2.45, 2.75) is 59.9 Å². The van der Waals surface area contributed by atoms with Gasteiger partial charge in [0.15, 0.2) is 0 Å². The summed E-state index contributed by atoms with van der Waals surface area (Å²) < 4.78 is 4.93. The summed E-state index contributed by atoms with van der Waals surface area (Å²) >= 11 is 0. The van der Waals surface area contributed by atoms with E-state index in [0.717, 1.165) is 12.8 Å². The Morgan fingerprint density at radius 1 is 1.25 bits per heavy atom. The van der Waals surface area contributed by atoms with Gasteiger partial charge >= 0.3 is 5.97 Å². The van der Waals surface area contributed by atoms with Crippen LogP contribution < -0.4 is 5.32 Å². The van der Waals surface area contributed by atoms with E-state index in [9.17, 15) is 9.59 Å². The molecule has 1 fully saturated rings. The van der Waals surface area contributed by atoms with E-state index in [1.165, 1.54) is 6.42 Å². The van der Waals surface area contributed by atoms with Crippen LogP contribution in [0.1, 0.15) is 53.9 Å². The first-order valence-corrected chi connectivity index (χ1v) is 7.83. The molecule has 1 aliphatic carbocycles. The van der Waals surface area contributed by atoms with Crippen molar-refractivity contribution >= 4 is 11.9 Å². The van der Waals surface area contributed by atoms with Crippen molar-refractivity contribution in [1.82, 2.24) is 5.32 Å². The molecule has 0 saturated heterocycles. The molecule has 0 aromatic rings. The summed E-state index contributed by atoms with van der Waals surface area (Å²) in [6.07, 6.45) is 3.22. The van der Waals surface area contributed by atoms with Gasteiger partial charge in [-0.15, -0.1) is 0 Å². The predicted molar refractivity (Wildman–Crippen MR) is 79.1 cm³/mol. The van der Waals surface area contributed by atoms with E-state index in [1.807, 2.05) is 0 Å². The quantitative estimate of drug-likeness (QED) is 0.789. The van der Waals surface area contributed by atoms with Gasteiger partial charge in [-0.1, -0.05) is 27.2 Å². The molecular formula is C16H29NO3. The lowest BCUT2D eigenvalue weighted by Gasteiger charge is -2.36. The second-order valence-corrected chi connectivity index (χ2v) is 6.41. The number of hydrogen-bond acceptors (Lipinski definition) is 3. The van der Waals surface area contributed by atoms with Gasteiger partial charge in [-0.05, 0) is 44.4 Å². The van der Waals surface area contributed by atoms with E-state index in [2.05, 4.69) is 26.1 Å². The highest BCUT2D eigenvalue weighted by molar-refractivity contribution is 5.85. The van der Waals surface area contributed by atoms with Crippen molar-refractivity contribution < 1.29 is 14.3 Å². The summed E-state index contributed by atoms with van der Waals surface area (Å²) in [6, 6.07) is -0.563. The van der Waals surface area contributed by atoms with E-state index in [4.69, 9.17) is 4.74 Å². The Balaban J connectivity index is 2.65. The van der Waals surface area contributed by atoms with Crippen molar-refractivity contribution in [2.24, 2.45) is 23.7 Å². The average molecular weight is 283 g/mol. The second kappa shape index (κ2) is 7.65. The van der Waals surface area contributed by atoms with Crippen molar-refractivity contribution in [2.75, 3.05) is 6.61 Å². The van der Waals surface area contributed by atoms with Crippen LogP contribution in [0.3, 0.4) is 0 Å². The van der Waals surface area contributed by atoms with Crippen LogP contribution in [0.2, 0.25) is 0 Å². The number of amides is 1. The van der Waals surface area contributed by atoms with Crippen molar-refractivity contribution in [3.05, 3.63) is 0 Å². The number of ether oxygens (including phenoxy) is 1. The fourth-order valence-corrected chi connectivity index (χ4v) is 3.15. The Morgan fingerprint density at radius 3 is 2.45 bits per heavy atom. The van der Waals surface area contributed by atoms with Crippen molar-refractivity contribution in [3.8, 4) is 0 Å². The van der Waals surface area contributed by atoms with Gasteiger partial charge in [0.2, 0.25) is 5.91 Å². The number of rotatable bonds is 5. The van der Waals surface area contributed by atoms with E-state index < -0.39 is 6.04 Å². The molecule has 0 spiro atoms. The Bertz CT molecular complexity index is 341. The number of esters is 1. The van der Waals surface area contributed by atoms with Crippen molar-refractivity contribution in [3.63, 3.8) is 0 Å². The SMILES string of the molecule is CCOC(=O)[C@@H](C)NC(=O)C1C[C@H](C)CC[C@H]1C(C)C. The van der Waals surface area contributed by atoms with Crippen LogP contribution in [-0.4, -0.2) is 24.5 Å². The minimum Gasteiger partial charge on any atom is -0.464 e. The molecule has 0 aliphatic heterocycles. The number of carbonyl (C=O) groups excluding carboxylic acids is 2. The minimum atomic E-state index is -0.563. The lowest BCUT2D eigenvalue weighted by Crippen LogP contribution is -2.46. The van der Waals surface area contributed by atoms with Gasteiger partial charge in [0, 0.05) is 5.92 Å². The molecule has 4 atom stereocenters. The Labute approximate surface area is 122 Å². The first-order valence-electron chi connectivity index (χ1n) is 7.83. The molecule has 1 aliphatic rings. The maximum Gasteiger partial charge on any atom is 0.328 e. The van der Waals surface area contributed by atoms with Gasteiger partial charge in [0.25, 0.3) is 0 Å². The smallest absolute Gasteiger partial charge is 0.328 e. The maximum absolute atomic E-state index is 12.5. The average Bonchev–Trinajstić information content (AvgIpc) is 2.38. The second-order valence-electron chi connectivity index (χ2n) is 6.41. The summed E-state index contributed by atoms with van der Waals surface area (Å²) in [5.74, 6) is 1.17. The molecule has 1 unspecified atom stereocenters. The molecule has 0 heterocycles. The lowest BCUT2D eigenvalue weighted by molar-refractivity contribution is -0.147. The predicted octanol–water partition coefficient (Wildman–Crippen LogP) is 2.76.